The second-order valence-electron chi connectivity index (χ2n) is 6.43. The summed E-state index contributed by atoms with van der Waals surface area (Å²) in [4.78, 5) is 7.37. The van der Waals surface area contributed by atoms with Crippen LogP contribution in [0.1, 0.15) is 39.5 Å². The molecule has 0 bridgehead atoms. The molecule has 1 unspecified atom stereocenters. The van der Waals surface area contributed by atoms with E-state index in [1.807, 2.05) is 0 Å². The summed E-state index contributed by atoms with van der Waals surface area (Å²) < 4.78 is 5.16. The third-order valence-corrected chi connectivity index (χ3v) is 4.05. The minimum Gasteiger partial charge on any atom is -0.383 e. The van der Waals surface area contributed by atoms with Gasteiger partial charge in [-0.25, -0.2) is 0 Å². The zero-order valence-electron chi connectivity index (χ0n) is 14.3. The van der Waals surface area contributed by atoms with E-state index in [0.717, 1.165) is 37.6 Å². The normalized spacial score (nSPS) is 19.7. The van der Waals surface area contributed by atoms with E-state index in [1.165, 1.54) is 32.2 Å². The molecule has 5 nitrogen and oxygen atoms in total. The Bertz CT molecular complexity index is 332. The van der Waals surface area contributed by atoms with Crippen molar-refractivity contribution in [3.63, 3.8) is 0 Å². The number of aliphatic imine (C=N–C) groups is 1. The minimum absolute atomic E-state index is 0. The molecule has 22 heavy (non-hydrogen) atoms. The average molecular weight is 424 g/mol. The van der Waals surface area contributed by atoms with Gasteiger partial charge in [-0.1, -0.05) is 0 Å². The van der Waals surface area contributed by atoms with Crippen molar-refractivity contribution in [3.05, 3.63) is 0 Å². The quantitative estimate of drug-likeness (QED) is 0.320. The van der Waals surface area contributed by atoms with Crippen LogP contribution in [0, 0.1) is 5.92 Å². The van der Waals surface area contributed by atoms with Crippen molar-refractivity contribution in [1.29, 1.82) is 0 Å². The van der Waals surface area contributed by atoms with Crippen molar-refractivity contribution in [2.75, 3.05) is 39.9 Å². The number of halogens is 1. The number of guanidine groups is 1. The van der Waals surface area contributed by atoms with Gasteiger partial charge in [-0.15, -0.1) is 24.0 Å². The molecule has 0 aromatic rings. The smallest absolute Gasteiger partial charge is 0.191 e. The van der Waals surface area contributed by atoms with Gasteiger partial charge in [0.2, 0.25) is 0 Å². The van der Waals surface area contributed by atoms with Gasteiger partial charge in [-0.3, -0.25) is 9.89 Å². The molecule has 2 aliphatic carbocycles. The molecule has 0 aliphatic heterocycles. The molecule has 6 heteroatoms. The second kappa shape index (κ2) is 10.6. The maximum Gasteiger partial charge on any atom is 0.191 e. The fourth-order valence-corrected chi connectivity index (χ4v) is 2.63. The molecule has 2 fully saturated rings. The molecule has 130 valence electrons. The summed E-state index contributed by atoms with van der Waals surface area (Å²) in [6, 6.07) is 1.13. The van der Waals surface area contributed by atoms with E-state index < -0.39 is 0 Å². The number of nitrogens with one attached hydrogen (secondary N) is 2. The number of hydrogen-bond acceptors (Lipinski definition) is 3. The lowest BCUT2D eigenvalue weighted by Gasteiger charge is -2.21. The topological polar surface area (TPSA) is 48.9 Å². The molecule has 0 radical (unpaired) electrons. The molecule has 2 aliphatic rings. The molecule has 0 aromatic carbocycles. The van der Waals surface area contributed by atoms with Crippen molar-refractivity contribution in [1.82, 2.24) is 15.5 Å². The van der Waals surface area contributed by atoms with Crippen LogP contribution < -0.4 is 10.6 Å². The van der Waals surface area contributed by atoms with Crippen molar-refractivity contribution in [2.24, 2.45) is 10.9 Å². The SMILES string of the molecule is CCNC(=NCCN(CC1CC1)C1CC1)NC(C)COC.I. The molecule has 2 rings (SSSR count). The molecule has 0 heterocycles. The van der Waals surface area contributed by atoms with E-state index in [0.29, 0.717) is 6.61 Å². The van der Waals surface area contributed by atoms with Crippen molar-refractivity contribution in [3.8, 4) is 0 Å². The lowest BCUT2D eigenvalue weighted by molar-refractivity contribution is 0.179. The first kappa shape index (κ1) is 20.0. The predicted molar refractivity (Wildman–Crippen MR) is 103 cm³/mol. The Hall–Kier alpha value is -0.0800. The van der Waals surface area contributed by atoms with E-state index in [-0.39, 0.29) is 30.0 Å². The van der Waals surface area contributed by atoms with Gasteiger partial charge in [-0.2, -0.15) is 0 Å². The molecule has 0 spiro atoms. The molecular formula is C16H33IN4O. The summed E-state index contributed by atoms with van der Waals surface area (Å²) in [5.74, 6) is 1.88. The molecule has 2 N–H and O–H groups in total. The van der Waals surface area contributed by atoms with E-state index >= 15 is 0 Å². The van der Waals surface area contributed by atoms with Crippen LogP contribution in [-0.4, -0.2) is 62.8 Å². The Kier molecular flexibility index (Phi) is 9.66. The van der Waals surface area contributed by atoms with Gasteiger partial charge in [0.1, 0.15) is 0 Å². The molecule has 0 saturated heterocycles. The van der Waals surface area contributed by atoms with Gasteiger partial charge in [0.25, 0.3) is 0 Å². The number of ether oxygens (including phenoxy) is 1. The highest BCUT2D eigenvalue weighted by atomic mass is 127. The Balaban J connectivity index is 0.00000242. The Morgan fingerprint density at radius 2 is 2.05 bits per heavy atom. The van der Waals surface area contributed by atoms with Gasteiger partial charge in [0.05, 0.1) is 13.2 Å². The van der Waals surface area contributed by atoms with Crippen molar-refractivity contribution >= 4 is 29.9 Å². The van der Waals surface area contributed by atoms with Crippen molar-refractivity contribution in [2.45, 2.75) is 51.6 Å². The molecule has 0 amide bonds. The van der Waals surface area contributed by atoms with Crippen LogP contribution in [0.5, 0.6) is 0 Å². The van der Waals surface area contributed by atoms with Crippen molar-refractivity contribution < 1.29 is 4.74 Å². The van der Waals surface area contributed by atoms with Gasteiger partial charge in [0.15, 0.2) is 5.96 Å². The first-order valence-electron chi connectivity index (χ1n) is 8.50. The summed E-state index contributed by atoms with van der Waals surface area (Å²) in [6.07, 6.45) is 5.65. The number of rotatable bonds is 10. The van der Waals surface area contributed by atoms with Crippen LogP contribution in [-0.2, 0) is 4.74 Å². The summed E-state index contributed by atoms with van der Waals surface area (Å²) in [7, 11) is 1.73. The number of hydrogen-bond donors (Lipinski definition) is 2. The van der Waals surface area contributed by atoms with E-state index in [9.17, 15) is 0 Å². The third kappa shape index (κ3) is 7.97. The Labute approximate surface area is 152 Å². The lowest BCUT2D eigenvalue weighted by Crippen LogP contribution is -2.44. The number of nitrogens with zero attached hydrogens (tertiary/aromatic N) is 2. The minimum atomic E-state index is 0. The summed E-state index contributed by atoms with van der Waals surface area (Å²) in [6.45, 7) is 9.06. The first-order chi connectivity index (χ1) is 10.2. The highest BCUT2D eigenvalue weighted by Gasteiger charge is 2.33. The van der Waals surface area contributed by atoms with E-state index in [4.69, 9.17) is 9.73 Å². The maximum absolute atomic E-state index is 5.16. The van der Waals surface area contributed by atoms with Crippen LogP contribution in [0.4, 0.5) is 0 Å². The summed E-state index contributed by atoms with van der Waals surface area (Å²) in [5.41, 5.74) is 0. The van der Waals surface area contributed by atoms with E-state index in [1.54, 1.807) is 7.11 Å². The second-order valence-corrected chi connectivity index (χ2v) is 6.43. The van der Waals surface area contributed by atoms with Crippen LogP contribution in [0.15, 0.2) is 4.99 Å². The zero-order chi connectivity index (χ0) is 15.1. The van der Waals surface area contributed by atoms with E-state index in [2.05, 4.69) is 29.4 Å². The standard InChI is InChI=1S/C16H32N4O.HI/c1-4-17-16(19-13(2)12-21-3)18-9-10-20(15-7-8-15)11-14-5-6-14;/h13-15H,4-12H2,1-3H3,(H2,17,18,19);1H. The van der Waals surface area contributed by atoms with Gasteiger partial charge in [-0.05, 0) is 45.4 Å². The summed E-state index contributed by atoms with van der Waals surface area (Å²) in [5, 5.41) is 6.69. The Morgan fingerprint density at radius 1 is 1.32 bits per heavy atom. The zero-order valence-corrected chi connectivity index (χ0v) is 16.6. The van der Waals surface area contributed by atoms with Gasteiger partial charge >= 0.3 is 0 Å². The fraction of sp³-hybridized carbons (Fsp3) is 0.938. The lowest BCUT2D eigenvalue weighted by atomic mass is 10.3. The summed E-state index contributed by atoms with van der Waals surface area (Å²) >= 11 is 0. The monoisotopic (exact) mass is 424 g/mol. The molecule has 1 atom stereocenters. The van der Waals surface area contributed by atoms with Crippen LogP contribution in [0.3, 0.4) is 0 Å². The van der Waals surface area contributed by atoms with Crippen LogP contribution >= 0.6 is 24.0 Å². The first-order valence-corrected chi connectivity index (χ1v) is 8.50. The van der Waals surface area contributed by atoms with Gasteiger partial charge < -0.3 is 15.4 Å². The highest BCUT2D eigenvalue weighted by molar-refractivity contribution is 14.0. The molecule has 2 saturated carbocycles. The molecule has 0 aromatic heterocycles. The fourth-order valence-electron chi connectivity index (χ4n) is 2.63. The Morgan fingerprint density at radius 3 is 2.59 bits per heavy atom. The van der Waals surface area contributed by atoms with Gasteiger partial charge in [0, 0.05) is 38.8 Å². The molecular weight excluding hydrogens is 391 g/mol. The number of methoxy groups -OCH3 is 1. The maximum atomic E-state index is 5.16. The van der Waals surface area contributed by atoms with Crippen LogP contribution in [0.25, 0.3) is 0 Å². The largest absolute Gasteiger partial charge is 0.383 e. The van der Waals surface area contributed by atoms with Crippen LogP contribution in [0.2, 0.25) is 0 Å². The third-order valence-electron chi connectivity index (χ3n) is 4.05. The predicted octanol–water partition coefficient (Wildman–Crippen LogP) is 2.07. The highest BCUT2D eigenvalue weighted by Crippen LogP contribution is 2.34. The average Bonchev–Trinajstić information content (AvgIpc) is 3.31.